The molecule has 1 spiro atoms. The van der Waals surface area contributed by atoms with Gasteiger partial charge < -0.3 is 14.2 Å². The fraction of sp³-hybridized carbons (Fsp3) is 0.562. The molecule has 124 valence electrons. The molecule has 7 heteroatoms. The zero-order chi connectivity index (χ0) is 15.9. The van der Waals surface area contributed by atoms with Gasteiger partial charge in [0.15, 0.2) is 5.60 Å². The third-order valence-electron chi connectivity index (χ3n) is 4.62. The topological polar surface area (TPSA) is 51.2 Å². The highest BCUT2D eigenvalue weighted by Crippen LogP contribution is 2.32. The molecule has 0 saturated carbocycles. The number of rotatable bonds is 2. The molecular weight excluding hydrogens is 320 g/mol. The maximum absolute atomic E-state index is 12.4. The zero-order valence-corrected chi connectivity index (χ0v) is 13.5. The van der Waals surface area contributed by atoms with Crippen LogP contribution in [-0.4, -0.2) is 68.7 Å². The van der Waals surface area contributed by atoms with Gasteiger partial charge in [-0.3, -0.25) is 9.80 Å². The average molecular weight is 339 g/mol. The first-order valence-corrected chi connectivity index (χ1v) is 8.19. The van der Waals surface area contributed by atoms with Crippen LogP contribution in [0.1, 0.15) is 0 Å². The Morgan fingerprint density at radius 1 is 1.13 bits per heavy atom. The summed E-state index contributed by atoms with van der Waals surface area (Å²) in [7, 11) is 0. The normalized spacial score (nSPS) is 29.4. The van der Waals surface area contributed by atoms with Crippen molar-refractivity contribution in [1.29, 1.82) is 0 Å². The minimum absolute atomic E-state index is 0.331. The monoisotopic (exact) mass is 338 g/mol. The zero-order valence-electron chi connectivity index (χ0n) is 12.7. The molecule has 1 aromatic rings. The van der Waals surface area contributed by atoms with Crippen molar-refractivity contribution in [1.82, 2.24) is 4.90 Å². The molecule has 3 fully saturated rings. The smallest absolute Gasteiger partial charge is 0.415 e. The summed E-state index contributed by atoms with van der Waals surface area (Å²) in [4.78, 5) is 16.3. The second-order valence-corrected chi connectivity index (χ2v) is 6.76. The van der Waals surface area contributed by atoms with Gasteiger partial charge in [-0.05, 0) is 24.3 Å². The Balaban J connectivity index is 1.54. The van der Waals surface area contributed by atoms with E-state index < -0.39 is 5.60 Å². The predicted molar refractivity (Wildman–Crippen MR) is 85.0 cm³/mol. The molecule has 1 aromatic carbocycles. The molecule has 3 aliphatic heterocycles. The van der Waals surface area contributed by atoms with Gasteiger partial charge in [0.2, 0.25) is 0 Å². The number of carbonyl (C=O) groups excluding carboxylic acids is 1. The Hall–Kier alpha value is -1.34. The molecule has 23 heavy (non-hydrogen) atoms. The SMILES string of the molecule is O=C1OC2(COCCN(C3COC3)C2)CN1c1ccc(Cl)cc1. The number of amides is 1. The average Bonchev–Trinajstić information content (AvgIpc) is 2.66. The van der Waals surface area contributed by atoms with Crippen molar-refractivity contribution in [3.05, 3.63) is 29.3 Å². The fourth-order valence-corrected chi connectivity index (χ4v) is 3.41. The maximum atomic E-state index is 12.4. The molecule has 0 bridgehead atoms. The summed E-state index contributed by atoms with van der Waals surface area (Å²) in [5, 5.41) is 0.644. The summed E-state index contributed by atoms with van der Waals surface area (Å²) >= 11 is 5.92. The number of halogens is 1. The summed E-state index contributed by atoms with van der Waals surface area (Å²) < 4.78 is 16.8. The van der Waals surface area contributed by atoms with Gasteiger partial charge in [-0.2, -0.15) is 0 Å². The van der Waals surface area contributed by atoms with Crippen LogP contribution < -0.4 is 4.90 Å². The molecule has 1 unspecified atom stereocenters. The van der Waals surface area contributed by atoms with E-state index in [-0.39, 0.29) is 6.09 Å². The van der Waals surface area contributed by atoms with Crippen LogP contribution in [0.4, 0.5) is 10.5 Å². The maximum Gasteiger partial charge on any atom is 0.415 e. The van der Waals surface area contributed by atoms with Crippen LogP contribution in [0.25, 0.3) is 0 Å². The van der Waals surface area contributed by atoms with E-state index in [1.165, 1.54) is 0 Å². The van der Waals surface area contributed by atoms with Crippen LogP contribution in [0.5, 0.6) is 0 Å². The second-order valence-electron chi connectivity index (χ2n) is 6.33. The van der Waals surface area contributed by atoms with E-state index in [0.29, 0.717) is 37.4 Å². The van der Waals surface area contributed by atoms with E-state index in [1.807, 2.05) is 12.1 Å². The van der Waals surface area contributed by atoms with Crippen LogP contribution in [0.15, 0.2) is 24.3 Å². The summed E-state index contributed by atoms with van der Waals surface area (Å²) in [6, 6.07) is 7.61. The second kappa shape index (κ2) is 5.94. The highest BCUT2D eigenvalue weighted by Gasteiger charge is 2.49. The minimum Gasteiger partial charge on any atom is -0.437 e. The van der Waals surface area contributed by atoms with Gasteiger partial charge in [-0.15, -0.1) is 0 Å². The van der Waals surface area contributed by atoms with Gasteiger partial charge in [0.1, 0.15) is 0 Å². The molecule has 1 amide bonds. The van der Waals surface area contributed by atoms with E-state index in [2.05, 4.69) is 4.90 Å². The fourth-order valence-electron chi connectivity index (χ4n) is 3.28. The number of hydrogen-bond donors (Lipinski definition) is 0. The van der Waals surface area contributed by atoms with Crippen molar-refractivity contribution in [2.24, 2.45) is 0 Å². The van der Waals surface area contributed by atoms with Gasteiger partial charge in [0, 0.05) is 23.8 Å². The molecule has 3 heterocycles. The molecule has 0 aromatic heterocycles. The van der Waals surface area contributed by atoms with Gasteiger partial charge in [-0.25, -0.2) is 4.79 Å². The van der Waals surface area contributed by atoms with Crippen LogP contribution in [0.2, 0.25) is 5.02 Å². The van der Waals surface area contributed by atoms with Crippen LogP contribution in [-0.2, 0) is 14.2 Å². The van der Waals surface area contributed by atoms with Crippen LogP contribution >= 0.6 is 11.6 Å². The Morgan fingerprint density at radius 2 is 1.91 bits per heavy atom. The van der Waals surface area contributed by atoms with Crippen molar-refractivity contribution in [3.8, 4) is 0 Å². The van der Waals surface area contributed by atoms with Gasteiger partial charge in [0.25, 0.3) is 0 Å². The van der Waals surface area contributed by atoms with Crippen molar-refractivity contribution >= 4 is 23.4 Å². The molecule has 0 N–H and O–H groups in total. The lowest BCUT2D eigenvalue weighted by atomic mass is 10.0. The van der Waals surface area contributed by atoms with Crippen molar-refractivity contribution in [2.45, 2.75) is 11.6 Å². The van der Waals surface area contributed by atoms with E-state index >= 15 is 0 Å². The molecule has 0 radical (unpaired) electrons. The summed E-state index contributed by atoms with van der Waals surface area (Å²) in [5.74, 6) is 0. The minimum atomic E-state index is -0.622. The third kappa shape index (κ3) is 2.92. The Labute approximate surface area is 139 Å². The molecule has 4 rings (SSSR count). The van der Waals surface area contributed by atoms with E-state index in [1.54, 1.807) is 17.0 Å². The van der Waals surface area contributed by atoms with Crippen molar-refractivity contribution in [3.63, 3.8) is 0 Å². The van der Waals surface area contributed by atoms with Crippen LogP contribution in [0, 0.1) is 0 Å². The molecule has 3 aliphatic rings. The summed E-state index contributed by atoms with van der Waals surface area (Å²) in [6.07, 6.45) is -0.331. The highest BCUT2D eigenvalue weighted by molar-refractivity contribution is 6.30. The van der Waals surface area contributed by atoms with Crippen molar-refractivity contribution in [2.75, 3.05) is 51.0 Å². The molecule has 1 atom stereocenters. The quantitative estimate of drug-likeness (QED) is 0.822. The lowest BCUT2D eigenvalue weighted by Crippen LogP contribution is -2.56. The summed E-state index contributed by atoms with van der Waals surface area (Å²) in [6.45, 7) is 4.56. The number of anilines is 1. The lowest BCUT2D eigenvalue weighted by Gasteiger charge is -2.39. The highest BCUT2D eigenvalue weighted by atomic mass is 35.5. The Kier molecular flexibility index (Phi) is 3.93. The molecular formula is C16H19ClN2O4. The number of benzene rings is 1. The third-order valence-corrected chi connectivity index (χ3v) is 4.88. The number of hydrogen-bond acceptors (Lipinski definition) is 5. The van der Waals surface area contributed by atoms with E-state index in [0.717, 1.165) is 25.4 Å². The number of carbonyl (C=O) groups is 1. The Bertz CT molecular complexity index is 592. The predicted octanol–water partition coefficient (Wildman–Crippen LogP) is 1.77. The molecule has 0 aliphatic carbocycles. The Morgan fingerprint density at radius 3 is 2.61 bits per heavy atom. The van der Waals surface area contributed by atoms with E-state index in [4.69, 9.17) is 25.8 Å². The first-order chi connectivity index (χ1) is 11.2. The first-order valence-electron chi connectivity index (χ1n) is 7.81. The first kappa shape index (κ1) is 15.2. The molecule has 6 nitrogen and oxygen atoms in total. The molecule has 3 saturated heterocycles. The summed E-state index contributed by atoms with van der Waals surface area (Å²) in [5.41, 5.74) is 0.169. The lowest BCUT2D eigenvalue weighted by molar-refractivity contribution is -0.0812. The van der Waals surface area contributed by atoms with Gasteiger partial charge in [-0.1, -0.05) is 11.6 Å². The number of nitrogens with zero attached hydrogens (tertiary/aromatic N) is 2. The van der Waals surface area contributed by atoms with Gasteiger partial charge >= 0.3 is 6.09 Å². The van der Waals surface area contributed by atoms with E-state index in [9.17, 15) is 4.79 Å². The van der Waals surface area contributed by atoms with Crippen molar-refractivity contribution < 1.29 is 19.0 Å². The van der Waals surface area contributed by atoms with Gasteiger partial charge in [0.05, 0.1) is 39.0 Å². The number of ether oxygens (including phenoxy) is 3. The van der Waals surface area contributed by atoms with Crippen LogP contribution in [0.3, 0.4) is 0 Å². The largest absolute Gasteiger partial charge is 0.437 e. The standard InChI is InChI=1S/C16H19ClN2O4/c17-12-1-3-13(4-2-12)19-10-16(23-15(19)20)9-18(5-6-21-11-16)14-7-22-8-14/h1-4,14H,5-11H2.